The van der Waals surface area contributed by atoms with Crippen LogP contribution in [-0.2, 0) is 11.3 Å². The van der Waals surface area contributed by atoms with Crippen molar-refractivity contribution in [1.29, 1.82) is 0 Å². The van der Waals surface area contributed by atoms with E-state index in [0.717, 1.165) is 64.7 Å². The average molecular weight is 349 g/mol. The molecule has 25 heavy (non-hydrogen) atoms. The summed E-state index contributed by atoms with van der Waals surface area (Å²) >= 11 is 0. The summed E-state index contributed by atoms with van der Waals surface area (Å²) in [7, 11) is 0. The summed E-state index contributed by atoms with van der Waals surface area (Å²) in [5.74, 6) is 0.956. The molecule has 0 radical (unpaired) electrons. The van der Waals surface area contributed by atoms with E-state index in [2.05, 4.69) is 30.6 Å². The highest BCUT2D eigenvalue weighted by molar-refractivity contribution is 5.94. The lowest BCUT2D eigenvalue weighted by molar-refractivity contribution is 0.0313. The molecule has 6 heteroatoms. The van der Waals surface area contributed by atoms with E-state index < -0.39 is 0 Å². The van der Waals surface area contributed by atoms with E-state index in [0.29, 0.717) is 17.6 Å². The van der Waals surface area contributed by atoms with Gasteiger partial charge in [0.25, 0.3) is 5.91 Å². The molecule has 1 amide bonds. The smallest absolute Gasteiger partial charge is 0.257 e. The average Bonchev–Trinajstić information content (AvgIpc) is 3.09. The molecule has 0 N–H and O–H groups in total. The summed E-state index contributed by atoms with van der Waals surface area (Å²) < 4.78 is 11.0. The maximum atomic E-state index is 12.9. The third kappa shape index (κ3) is 4.43. The van der Waals surface area contributed by atoms with Crippen LogP contribution in [0.4, 0.5) is 0 Å². The Morgan fingerprint density at radius 2 is 2.00 bits per heavy atom. The van der Waals surface area contributed by atoms with Gasteiger partial charge in [-0.3, -0.25) is 14.6 Å². The van der Waals surface area contributed by atoms with E-state index in [9.17, 15) is 4.79 Å². The van der Waals surface area contributed by atoms with Crippen LogP contribution in [-0.4, -0.2) is 78.6 Å². The lowest BCUT2D eigenvalue weighted by Gasteiger charge is -2.43. The van der Waals surface area contributed by atoms with Crippen LogP contribution >= 0.6 is 0 Å². The Balaban J connectivity index is 1.59. The van der Waals surface area contributed by atoms with Crippen LogP contribution in [0.1, 0.15) is 43.3 Å². The van der Waals surface area contributed by atoms with Gasteiger partial charge in [0.1, 0.15) is 12.0 Å². The van der Waals surface area contributed by atoms with Gasteiger partial charge in [0.2, 0.25) is 0 Å². The Hall–Kier alpha value is -1.37. The van der Waals surface area contributed by atoms with Gasteiger partial charge in [-0.1, -0.05) is 6.92 Å². The SMILES string of the molecule is CC[C@H]1CN(C(=O)c2coc(CN3CCOCC3)c2)CCN1C(C)C. The van der Waals surface area contributed by atoms with Crippen molar-refractivity contribution in [1.82, 2.24) is 14.7 Å². The number of hydrogen-bond donors (Lipinski definition) is 0. The van der Waals surface area contributed by atoms with Crippen molar-refractivity contribution in [2.75, 3.05) is 45.9 Å². The molecule has 2 aliphatic heterocycles. The van der Waals surface area contributed by atoms with Gasteiger partial charge in [-0.2, -0.15) is 0 Å². The Kier molecular flexibility index (Phi) is 6.15. The van der Waals surface area contributed by atoms with Gasteiger partial charge in [-0.25, -0.2) is 0 Å². The van der Waals surface area contributed by atoms with Crippen molar-refractivity contribution in [3.63, 3.8) is 0 Å². The van der Waals surface area contributed by atoms with Crippen molar-refractivity contribution in [3.8, 4) is 0 Å². The number of furan rings is 1. The Bertz CT molecular complexity index is 566. The molecule has 2 fully saturated rings. The molecule has 0 aliphatic carbocycles. The predicted octanol–water partition coefficient (Wildman–Crippen LogP) is 2.06. The molecule has 0 unspecified atom stereocenters. The molecule has 1 aromatic rings. The number of nitrogens with zero attached hydrogens (tertiary/aromatic N) is 3. The van der Waals surface area contributed by atoms with Crippen molar-refractivity contribution in [2.45, 2.75) is 45.8 Å². The third-order valence-corrected chi connectivity index (χ3v) is 5.33. The largest absolute Gasteiger partial charge is 0.467 e. The van der Waals surface area contributed by atoms with Gasteiger partial charge in [-0.15, -0.1) is 0 Å². The van der Waals surface area contributed by atoms with Crippen molar-refractivity contribution < 1.29 is 13.9 Å². The molecular weight excluding hydrogens is 318 g/mol. The van der Waals surface area contributed by atoms with Crippen molar-refractivity contribution in [2.24, 2.45) is 0 Å². The second kappa shape index (κ2) is 8.34. The fourth-order valence-electron chi connectivity index (χ4n) is 3.84. The number of carbonyl (C=O) groups excluding carboxylic acids is 1. The molecule has 0 aromatic carbocycles. The first-order valence-corrected chi connectivity index (χ1v) is 9.51. The zero-order chi connectivity index (χ0) is 17.8. The van der Waals surface area contributed by atoms with Crippen LogP contribution in [0.5, 0.6) is 0 Å². The minimum Gasteiger partial charge on any atom is -0.467 e. The van der Waals surface area contributed by atoms with Gasteiger partial charge < -0.3 is 14.1 Å². The minimum atomic E-state index is 0.0961. The van der Waals surface area contributed by atoms with E-state index in [1.54, 1.807) is 6.26 Å². The molecule has 1 aromatic heterocycles. The van der Waals surface area contributed by atoms with Crippen molar-refractivity contribution >= 4 is 5.91 Å². The number of carbonyl (C=O) groups is 1. The first-order chi connectivity index (χ1) is 12.1. The standard InChI is InChI=1S/C19H31N3O3/c1-4-17-12-21(5-6-22(17)15(2)3)19(23)16-11-18(25-14-16)13-20-7-9-24-10-8-20/h11,14-15,17H,4-10,12-13H2,1-3H3/t17-/m0/s1. The van der Waals surface area contributed by atoms with E-state index in [1.165, 1.54) is 0 Å². The maximum Gasteiger partial charge on any atom is 0.257 e. The Morgan fingerprint density at radius 1 is 1.24 bits per heavy atom. The molecule has 6 nitrogen and oxygen atoms in total. The summed E-state index contributed by atoms with van der Waals surface area (Å²) in [4.78, 5) is 19.6. The predicted molar refractivity (Wildman–Crippen MR) is 96.6 cm³/mol. The molecule has 0 bridgehead atoms. The highest BCUT2D eigenvalue weighted by atomic mass is 16.5. The fourth-order valence-corrected chi connectivity index (χ4v) is 3.84. The van der Waals surface area contributed by atoms with E-state index in [1.807, 2.05) is 11.0 Å². The monoisotopic (exact) mass is 349 g/mol. The Morgan fingerprint density at radius 3 is 2.68 bits per heavy atom. The molecule has 3 rings (SSSR count). The molecule has 0 spiro atoms. The van der Waals surface area contributed by atoms with Gasteiger partial charge in [0, 0.05) is 44.8 Å². The van der Waals surface area contributed by atoms with Crippen LogP contribution in [0.2, 0.25) is 0 Å². The first-order valence-electron chi connectivity index (χ1n) is 9.51. The van der Waals surface area contributed by atoms with Gasteiger partial charge in [0.15, 0.2) is 0 Å². The van der Waals surface area contributed by atoms with Crippen molar-refractivity contribution in [3.05, 3.63) is 23.7 Å². The maximum absolute atomic E-state index is 12.9. The van der Waals surface area contributed by atoms with Crippen LogP contribution in [0.25, 0.3) is 0 Å². The summed E-state index contributed by atoms with van der Waals surface area (Å²) in [6.45, 7) is 13.3. The zero-order valence-electron chi connectivity index (χ0n) is 15.7. The number of morpholine rings is 1. The molecule has 140 valence electrons. The highest BCUT2D eigenvalue weighted by Gasteiger charge is 2.30. The van der Waals surface area contributed by atoms with Crippen LogP contribution in [0.3, 0.4) is 0 Å². The highest BCUT2D eigenvalue weighted by Crippen LogP contribution is 2.19. The lowest BCUT2D eigenvalue weighted by Crippen LogP contribution is -2.56. The van der Waals surface area contributed by atoms with E-state index >= 15 is 0 Å². The molecule has 1 atom stereocenters. The topological polar surface area (TPSA) is 49.2 Å². The normalized spacial score (nSPS) is 23.4. The van der Waals surface area contributed by atoms with Crippen LogP contribution < -0.4 is 0 Å². The Labute approximate surface area is 150 Å². The third-order valence-electron chi connectivity index (χ3n) is 5.33. The number of ether oxygens (including phenoxy) is 1. The van der Waals surface area contributed by atoms with Crippen LogP contribution in [0.15, 0.2) is 16.7 Å². The summed E-state index contributed by atoms with van der Waals surface area (Å²) in [6.07, 6.45) is 2.68. The molecule has 3 heterocycles. The quantitative estimate of drug-likeness (QED) is 0.814. The second-order valence-corrected chi connectivity index (χ2v) is 7.34. The fraction of sp³-hybridized carbons (Fsp3) is 0.737. The number of hydrogen-bond acceptors (Lipinski definition) is 5. The summed E-state index contributed by atoms with van der Waals surface area (Å²) in [5.41, 5.74) is 0.677. The summed E-state index contributed by atoms with van der Waals surface area (Å²) in [5, 5.41) is 0. The van der Waals surface area contributed by atoms with E-state index in [4.69, 9.17) is 9.15 Å². The van der Waals surface area contributed by atoms with Gasteiger partial charge >= 0.3 is 0 Å². The zero-order valence-corrected chi connectivity index (χ0v) is 15.7. The molecule has 0 saturated carbocycles. The van der Waals surface area contributed by atoms with Crippen LogP contribution in [0, 0.1) is 0 Å². The number of amides is 1. The van der Waals surface area contributed by atoms with Gasteiger partial charge in [0.05, 0.1) is 25.3 Å². The molecule has 2 saturated heterocycles. The van der Waals surface area contributed by atoms with E-state index in [-0.39, 0.29) is 5.91 Å². The minimum absolute atomic E-state index is 0.0961. The number of piperazine rings is 1. The lowest BCUT2D eigenvalue weighted by atomic mass is 10.1. The first kappa shape index (κ1) is 18.4. The molecular formula is C19H31N3O3. The summed E-state index contributed by atoms with van der Waals surface area (Å²) in [6, 6.07) is 2.88. The second-order valence-electron chi connectivity index (χ2n) is 7.34. The van der Waals surface area contributed by atoms with Gasteiger partial charge in [-0.05, 0) is 26.3 Å². The number of rotatable bonds is 5. The molecule has 2 aliphatic rings.